The van der Waals surface area contributed by atoms with Gasteiger partial charge in [0.1, 0.15) is 18.1 Å². The van der Waals surface area contributed by atoms with Crippen LogP contribution < -0.4 is 53.7 Å². The van der Waals surface area contributed by atoms with Crippen molar-refractivity contribution in [3.05, 3.63) is 35.9 Å². The van der Waals surface area contributed by atoms with Gasteiger partial charge in [-0.3, -0.25) is 43.6 Å². The molecule has 2 fully saturated rings. The van der Waals surface area contributed by atoms with Crippen molar-refractivity contribution in [2.75, 3.05) is 37.4 Å². The number of hydrogen-bond acceptors (Lipinski definition) is 12. The van der Waals surface area contributed by atoms with E-state index in [9.17, 15) is 43.2 Å². The van der Waals surface area contributed by atoms with Crippen LogP contribution in [-0.4, -0.2) is 131 Å². The average Bonchev–Trinajstić information content (AvgIpc) is 3.82. The summed E-state index contributed by atoms with van der Waals surface area (Å²) in [6, 6.07) is 5.85. The Bertz CT molecular complexity index is 1740. The zero-order chi connectivity index (χ0) is 47.0. The highest BCUT2D eigenvalue weighted by Gasteiger charge is 2.42. The van der Waals surface area contributed by atoms with Crippen molar-refractivity contribution in [2.24, 2.45) is 17.6 Å². The molecule has 2 heterocycles. The third-order valence-electron chi connectivity index (χ3n) is 10.7. The average molecular weight is 935 g/mol. The largest absolute Gasteiger partial charge is 0.368 e. The minimum atomic E-state index is -1.14. The molecule has 0 spiro atoms. The molecule has 20 nitrogen and oxygen atoms in total. The van der Waals surface area contributed by atoms with E-state index in [4.69, 9.17) is 10.9 Å². The second kappa shape index (κ2) is 28.7. The molecular formula is C42H66N10O10S2. The van der Waals surface area contributed by atoms with E-state index in [0.29, 0.717) is 43.2 Å². The summed E-state index contributed by atoms with van der Waals surface area (Å²) in [5.41, 5.74) is 7.77. The number of fused-ring (bicyclic) bond motifs is 1. The molecule has 2 aliphatic rings. The molecule has 22 heteroatoms. The summed E-state index contributed by atoms with van der Waals surface area (Å²) in [4.78, 5) is 114. The number of hydroxylamine groups is 1. The first-order valence-electron chi connectivity index (χ1n) is 21.7. The SMILES string of the molecule is CSCC[C@H](NC(=O)[C@H](Cc1ccccc1)NC(=O)C(CC(=O)NO)CC(C)C)C(=O)NCC(=O)NCC(=O)N[C@@H](CCCCNC(=O)CCCC[C@@H]1SC[C@@H]2NC(=O)N[C@@H]21)C(N)=O. The van der Waals surface area contributed by atoms with E-state index < -0.39 is 78.5 Å². The Morgan fingerprint density at radius 2 is 1.52 bits per heavy atom. The highest BCUT2D eigenvalue weighted by atomic mass is 32.2. The van der Waals surface area contributed by atoms with E-state index in [0.717, 1.165) is 30.6 Å². The monoisotopic (exact) mass is 934 g/mol. The van der Waals surface area contributed by atoms with Crippen LogP contribution in [0, 0.1) is 11.8 Å². The number of unbranched alkanes of at least 4 members (excludes halogenated alkanes) is 2. The van der Waals surface area contributed by atoms with Crippen LogP contribution in [0.1, 0.15) is 83.6 Å². The molecule has 7 atom stereocenters. The van der Waals surface area contributed by atoms with Crippen molar-refractivity contribution in [3.8, 4) is 0 Å². The molecule has 1 aromatic rings. The number of primary amides is 1. The molecule has 0 radical (unpaired) electrons. The number of amides is 10. The molecule has 1 unspecified atom stereocenters. The standard InChI is InChI=1S/C42H66N10O10S2/c1-25(2)19-27(21-34(54)52-62)39(58)49-30(20-26-11-5-4-6-12-26)41(60)48-29(16-18-63-3)40(59)46-22-35(55)45-23-36(56)47-28(38(43)57)13-9-10-17-44-33(53)15-8-7-14-32-37-31(24-64-32)50-42(61)51-37/h4-6,11-12,25,27-32,37,62H,7-10,13-24H2,1-3H3,(H2,43,57)(H,44,53)(H,45,55)(H,46,59)(H,47,56)(H,48,60)(H,49,58)(H,52,54)(H2,50,51,61)/t27?,28-,29-,30-,31-,32-,37-/m0/s1. The lowest BCUT2D eigenvalue weighted by molar-refractivity contribution is -0.137. The normalized spacial score (nSPS) is 18.2. The van der Waals surface area contributed by atoms with Crippen LogP contribution in [-0.2, 0) is 44.8 Å². The van der Waals surface area contributed by atoms with Gasteiger partial charge in [0.2, 0.25) is 47.3 Å². The fourth-order valence-corrected chi connectivity index (χ4v) is 9.39. The summed E-state index contributed by atoms with van der Waals surface area (Å²) in [6.45, 7) is 3.09. The molecule has 0 aromatic heterocycles. The van der Waals surface area contributed by atoms with Gasteiger partial charge in [-0.2, -0.15) is 23.5 Å². The van der Waals surface area contributed by atoms with Crippen LogP contribution in [0.2, 0.25) is 0 Å². The summed E-state index contributed by atoms with van der Waals surface area (Å²) in [6.07, 6.45) is 6.21. The summed E-state index contributed by atoms with van der Waals surface area (Å²) in [5.74, 6) is -4.37. The van der Waals surface area contributed by atoms with Crippen LogP contribution >= 0.6 is 23.5 Å². The second-order valence-electron chi connectivity index (χ2n) is 16.4. The summed E-state index contributed by atoms with van der Waals surface area (Å²) in [5, 5.41) is 31.0. The Morgan fingerprint density at radius 1 is 0.797 bits per heavy atom. The van der Waals surface area contributed by atoms with Gasteiger partial charge in [0.05, 0.1) is 25.2 Å². The maximum atomic E-state index is 13.8. The molecule has 2 aliphatic heterocycles. The zero-order valence-corrected chi connectivity index (χ0v) is 38.5. The molecule has 3 rings (SSSR count). The number of urea groups is 1. The van der Waals surface area contributed by atoms with Crippen LogP contribution in [0.25, 0.3) is 0 Å². The van der Waals surface area contributed by atoms with E-state index in [1.807, 2.05) is 31.9 Å². The van der Waals surface area contributed by atoms with Crippen molar-refractivity contribution in [1.29, 1.82) is 0 Å². The first-order chi connectivity index (χ1) is 30.6. The number of carbonyl (C=O) groups is 9. The lowest BCUT2D eigenvalue weighted by Gasteiger charge is -2.25. The Labute approximate surface area is 382 Å². The van der Waals surface area contributed by atoms with Gasteiger partial charge in [-0.25, -0.2) is 10.3 Å². The lowest BCUT2D eigenvalue weighted by Crippen LogP contribution is -2.56. The quantitative estimate of drug-likeness (QED) is 0.0206. The number of nitrogens with one attached hydrogen (secondary N) is 9. The van der Waals surface area contributed by atoms with E-state index in [1.165, 1.54) is 11.8 Å². The Balaban J connectivity index is 1.41. The maximum absolute atomic E-state index is 13.8. The van der Waals surface area contributed by atoms with Crippen molar-refractivity contribution < 1.29 is 48.4 Å². The number of hydrogen-bond donors (Lipinski definition) is 11. The van der Waals surface area contributed by atoms with Crippen molar-refractivity contribution in [3.63, 3.8) is 0 Å². The molecular weight excluding hydrogens is 869 g/mol. The molecule has 12 N–H and O–H groups in total. The minimum absolute atomic E-state index is 0.0192. The van der Waals surface area contributed by atoms with E-state index in [1.54, 1.807) is 35.8 Å². The topological polar surface area (TPSA) is 308 Å². The van der Waals surface area contributed by atoms with Gasteiger partial charge in [-0.1, -0.05) is 50.6 Å². The predicted octanol–water partition coefficient (Wildman–Crippen LogP) is -0.276. The number of rotatable bonds is 30. The highest BCUT2D eigenvalue weighted by molar-refractivity contribution is 8.00. The summed E-state index contributed by atoms with van der Waals surface area (Å²) < 4.78 is 0. The minimum Gasteiger partial charge on any atom is -0.368 e. The van der Waals surface area contributed by atoms with E-state index in [-0.39, 0.29) is 55.6 Å². The van der Waals surface area contributed by atoms with E-state index >= 15 is 0 Å². The molecule has 0 bridgehead atoms. The fraction of sp³-hybridized carbons (Fsp3) is 0.643. The molecule has 1 aromatic carbocycles. The molecule has 0 aliphatic carbocycles. The van der Waals surface area contributed by atoms with Crippen LogP contribution in [0.3, 0.4) is 0 Å². The summed E-state index contributed by atoms with van der Waals surface area (Å²) >= 11 is 3.27. The number of benzene rings is 1. The smallest absolute Gasteiger partial charge is 0.315 e. The first-order valence-corrected chi connectivity index (χ1v) is 24.2. The lowest BCUT2D eigenvalue weighted by atomic mass is 9.92. The second-order valence-corrected chi connectivity index (χ2v) is 18.6. The highest BCUT2D eigenvalue weighted by Crippen LogP contribution is 2.33. The Kier molecular flexibility index (Phi) is 23.8. The van der Waals surface area contributed by atoms with Crippen LogP contribution in [0.5, 0.6) is 0 Å². The third kappa shape index (κ3) is 19.7. The maximum Gasteiger partial charge on any atom is 0.315 e. The number of thioether (sulfide) groups is 2. The van der Waals surface area contributed by atoms with Gasteiger partial charge >= 0.3 is 6.03 Å². The van der Waals surface area contributed by atoms with Crippen molar-refractivity contribution >= 4 is 76.8 Å². The van der Waals surface area contributed by atoms with Crippen LogP contribution in [0.15, 0.2) is 30.3 Å². The van der Waals surface area contributed by atoms with Gasteiger partial charge in [-0.15, -0.1) is 0 Å². The van der Waals surface area contributed by atoms with Gasteiger partial charge in [0.15, 0.2) is 0 Å². The van der Waals surface area contributed by atoms with Crippen LogP contribution in [0.4, 0.5) is 4.79 Å². The number of nitrogens with two attached hydrogens (primary N) is 1. The predicted molar refractivity (Wildman–Crippen MR) is 242 cm³/mol. The van der Waals surface area contributed by atoms with E-state index in [2.05, 4.69) is 42.5 Å². The summed E-state index contributed by atoms with van der Waals surface area (Å²) in [7, 11) is 0. The Hall–Kier alpha value is -5.09. The third-order valence-corrected chi connectivity index (χ3v) is 12.9. The first kappa shape index (κ1) is 53.2. The fourth-order valence-electron chi connectivity index (χ4n) is 7.37. The molecule has 64 heavy (non-hydrogen) atoms. The van der Waals surface area contributed by atoms with Gasteiger partial charge < -0.3 is 48.3 Å². The molecule has 2 saturated heterocycles. The molecule has 0 saturated carbocycles. The molecule has 356 valence electrons. The Morgan fingerprint density at radius 3 is 2.20 bits per heavy atom. The zero-order valence-electron chi connectivity index (χ0n) is 36.8. The van der Waals surface area contributed by atoms with Crippen molar-refractivity contribution in [2.45, 2.75) is 120 Å². The number of carbonyl (C=O) groups excluding carboxylic acids is 9. The van der Waals surface area contributed by atoms with Gasteiger partial charge in [-0.05, 0) is 68.4 Å². The van der Waals surface area contributed by atoms with Gasteiger partial charge in [0, 0.05) is 42.7 Å². The molecule has 10 amide bonds. The van der Waals surface area contributed by atoms with Gasteiger partial charge in [0.25, 0.3) is 0 Å². The van der Waals surface area contributed by atoms with Crippen molar-refractivity contribution in [1.82, 2.24) is 48.0 Å².